The third kappa shape index (κ3) is 3.35. The van der Waals surface area contributed by atoms with Crippen molar-refractivity contribution < 1.29 is 19.1 Å². The second-order valence-electron chi connectivity index (χ2n) is 6.09. The summed E-state index contributed by atoms with van der Waals surface area (Å²) in [5, 5.41) is 2.86. The van der Waals surface area contributed by atoms with Crippen LogP contribution in [0.25, 0.3) is 0 Å². The first kappa shape index (κ1) is 17.8. The first-order valence-corrected chi connectivity index (χ1v) is 8.61. The van der Waals surface area contributed by atoms with Gasteiger partial charge in [-0.2, -0.15) is 0 Å². The van der Waals surface area contributed by atoms with Crippen molar-refractivity contribution in [3.05, 3.63) is 48.0 Å². The van der Waals surface area contributed by atoms with Gasteiger partial charge in [0.2, 0.25) is 0 Å². The zero-order chi connectivity index (χ0) is 18.7. The lowest BCUT2D eigenvalue weighted by Crippen LogP contribution is -2.44. The van der Waals surface area contributed by atoms with Gasteiger partial charge in [0.1, 0.15) is 11.5 Å². The normalized spacial score (nSPS) is 15.9. The van der Waals surface area contributed by atoms with Crippen LogP contribution in [-0.4, -0.2) is 31.6 Å². The van der Waals surface area contributed by atoms with E-state index in [-0.39, 0.29) is 11.8 Å². The smallest absolute Gasteiger partial charge is 0.267 e. The standard InChI is InChI=1S/C20H22N2O4/c1-4-11-22-16-12-14(9-10-18(16)26-13(2)20(22)24)21-19(23)15-7-5-6-8-17(15)25-3/h5-10,12-13H,4,11H2,1-3H3,(H,21,23). The van der Waals surface area contributed by atoms with Crippen molar-refractivity contribution in [3.63, 3.8) is 0 Å². The maximum atomic E-state index is 12.6. The van der Waals surface area contributed by atoms with Crippen molar-refractivity contribution in [2.75, 3.05) is 23.9 Å². The molecule has 3 rings (SSSR count). The molecular formula is C20H22N2O4. The molecule has 2 amide bonds. The summed E-state index contributed by atoms with van der Waals surface area (Å²) in [6.45, 7) is 4.36. The number of carbonyl (C=O) groups excluding carboxylic acids is 2. The number of benzene rings is 2. The van der Waals surface area contributed by atoms with Gasteiger partial charge in [-0.1, -0.05) is 19.1 Å². The van der Waals surface area contributed by atoms with Gasteiger partial charge in [0.15, 0.2) is 6.10 Å². The van der Waals surface area contributed by atoms with Crippen molar-refractivity contribution in [1.29, 1.82) is 0 Å². The van der Waals surface area contributed by atoms with E-state index in [1.54, 1.807) is 54.3 Å². The Kier molecular flexibility index (Phi) is 5.11. The number of hydrogen-bond acceptors (Lipinski definition) is 4. The van der Waals surface area contributed by atoms with E-state index >= 15 is 0 Å². The highest BCUT2D eigenvalue weighted by Crippen LogP contribution is 2.36. The molecule has 1 aliphatic rings. The van der Waals surface area contributed by atoms with Crippen LogP contribution in [-0.2, 0) is 4.79 Å². The van der Waals surface area contributed by atoms with Crippen molar-refractivity contribution in [1.82, 2.24) is 0 Å². The third-order valence-electron chi connectivity index (χ3n) is 4.22. The van der Waals surface area contributed by atoms with Crippen LogP contribution in [0.5, 0.6) is 11.5 Å². The number of ether oxygens (including phenoxy) is 2. The predicted octanol–water partition coefficient (Wildman–Crippen LogP) is 3.47. The van der Waals surface area contributed by atoms with Crippen LogP contribution in [0.15, 0.2) is 42.5 Å². The number of nitrogens with zero attached hydrogens (tertiary/aromatic N) is 1. The van der Waals surface area contributed by atoms with Gasteiger partial charge in [0, 0.05) is 12.2 Å². The average molecular weight is 354 g/mol. The maximum absolute atomic E-state index is 12.6. The largest absolute Gasteiger partial charge is 0.496 e. The fraction of sp³-hybridized carbons (Fsp3) is 0.300. The number of fused-ring (bicyclic) bond motifs is 1. The lowest BCUT2D eigenvalue weighted by Gasteiger charge is -2.33. The van der Waals surface area contributed by atoms with Gasteiger partial charge in [-0.3, -0.25) is 9.59 Å². The molecule has 1 unspecified atom stereocenters. The summed E-state index contributed by atoms with van der Waals surface area (Å²) in [7, 11) is 1.53. The van der Waals surface area contributed by atoms with Gasteiger partial charge in [0.05, 0.1) is 18.4 Å². The molecule has 26 heavy (non-hydrogen) atoms. The Bertz CT molecular complexity index is 834. The Morgan fingerprint density at radius 2 is 2.04 bits per heavy atom. The monoisotopic (exact) mass is 354 g/mol. The number of methoxy groups -OCH3 is 1. The van der Waals surface area contributed by atoms with Crippen molar-refractivity contribution in [2.24, 2.45) is 0 Å². The van der Waals surface area contributed by atoms with E-state index in [2.05, 4.69) is 5.32 Å². The average Bonchev–Trinajstić information content (AvgIpc) is 2.65. The molecule has 136 valence electrons. The Morgan fingerprint density at radius 3 is 2.77 bits per heavy atom. The van der Waals surface area contributed by atoms with Gasteiger partial charge < -0.3 is 19.7 Å². The minimum Gasteiger partial charge on any atom is -0.496 e. The maximum Gasteiger partial charge on any atom is 0.267 e. The first-order chi connectivity index (χ1) is 12.5. The van der Waals surface area contributed by atoms with Gasteiger partial charge in [-0.05, 0) is 43.7 Å². The predicted molar refractivity (Wildman–Crippen MR) is 100 cm³/mol. The van der Waals surface area contributed by atoms with E-state index in [1.165, 1.54) is 7.11 Å². The minimum atomic E-state index is -0.511. The molecule has 1 atom stereocenters. The summed E-state index contributed by atoms with van der Waals surface area (Å²) in [4.78, 5) is 26.7. The molecular weight excluding hydrogens is 332 g/mol. The van der Waals surface area contributed by atoms with E-state index in [1.807, 2.05) is 6.92 Å². The Labute approximate surface area is 152 Å². The summed E-state index contributed by atoms with van der Waals surface area (Å²) in [5.41, 5.74) is 1.71. The lowest BCUT2D eigenvalue weighted by atomic mass is 10.1. The molecule has 1 N–H and O–H groups in total. The summed E-state index contributed by atoms with van der Waals surface area (Å²) in [6.07, 6.45) is 0.318. The van der Waals surface area contributed by atoms with Gasteiger partial charge in [-0.25, -0.2) is 0 Å². The van der Waals surface area contributed by atoms with Gasteiger partial charge in [0.25, 0.3) is 11.8 Å². The van der Waals surface area contributed by atoms with E-state index in [0.29, 0.717) is 35.0 Å². The molecule has 0 radical (unpaired) electrons. The van der Waals surface area contributed by atoms with E-state index in [9.17, 15) is 9.59 Å². The number of carbonyl (C=O) groups is 2. The Hall–Kier alpha value is -3.02. The summed E-state index contributed by atoms with van der Waals surface area (Å²) >= 11 is 0. The lowest BCUT2D eigenvalue weighted by molar-refractivity contribution is -0.125. The number of amides is 2. The van der Waals surface area contributed by atoms with E-state index < -0.39 is 6.10 Å². The highest BCUT2D eigenvalue weighted by atomic mass is 16.5. The first-order valence-electron chi connectivity index (χ1n) is 8.61. The Morgan fingerprint density at radius 1 is 1.27 bits per heavy atom. The molecule has 1 aliphatic heterocycles. The number of nitrogens with one attached hydrogen (secondary N) is 1. The summed E-state index contributed by atoms with van der Waals surface area (Å²) < 4.78 is 10.9. The van der Waals surface area contributed by atoms with Crippen LogP contribution in [0.2, 0.25) is 0 Å². The summed E-state index contributed by atoms with van der Waals surface area (Å²) in [5.74, 6) is 0.789. The molecule has 0 saturated heterocycles. The number of rotatable bonds is 5. The topological polar surface area (TPSA) is 67.9 Å². The van der Waals surface area contributed by atoms with Gasteiger partial charge in [-0.15, -0.1) is 0 Å². The van der Waals surface area contributed by atoms with Gasteiger partial charge >= 0.3 is 0 Å². The molecule has 0 aromatic heterocycles. The van der Waals surface area contributed by atoms with Crippen LogP contribution in [0.1, 0.15) is 30.6 Å². The molecule has 6 heteroatoms. The molecule has 1 heterocycles. The van der Waals surface area contributed by atoms with Crippen molar-refractivity contribution >= 4 is 23.2 Å². The molecule has 0 aliphatic carbocycles. The molecule has 2 aromatic carbocycles. The second-order valence-corrected chi connectivity index (χ2v) is 6.09. The number of hydrogen-bond donors (Lipinski definition) is 1. The fourth-order valence-electron chi connectivity index (χ4n) is 2.97. The van der Waals surface area contributed by atoms with E-state index in [4.69, 9.17) is 9.47 Å². The molecule has 2 aromatic rings. The molecule has 0 bridgehead atoms. The van der Waals surface area contributed by atoms with Crippen LogP contribution in [0, 0.1) is 0 Å². The molecule has 6 nitrogen and oxygen atoms in total. The number of anilines is 2. The van der Waals surface area contributed by atoms with Crippen LogP contribution >= 0.6 is 0 Å². The van der Waals surface area contributed by atoms with Crippen LogP contribution < -0.4 is 19.7 Å². The zero-order valence-electron chi connectivity index (χ0n) is 15.1. The van der Waals surface area contributed by atoms with Crippen LogP contribution in [0.4, 0.5) is 11.4 Å². The summed E-state index contributed by atoms with van der Waals surface area (Å²) in [6, 6.07) is 12.3. The quantitative estimate of drug-likeness (QED) is 0.893. The molecule has 0 fully saturated rings. The highest BCUT2D eigenvalue weighted by molar-refractivity contribution is 6.07. The van der Waals surface area contributed by atoms with Crippen molar-refractivity contribution in [3.8, 4) is 11.5 Å². The zero-order valence-corrected chi connectivity index (χ0v) is 15.1. The highest BCUT2D eigenvalue weighted by Gasteiger charge is 2.31. The second kappa shape index (κ2) is 7.47. The minimum absolute atomic E-state index is 0.0763. The fourth-order valence-corrected chi connectivity index (χ4v) is 2.97. The number of para-hydroxylation sites is 1. The molecule has 0 spiro atoms. The molecule has 0 saturated carbocycles. The Balaban J connectivity index is 1.89. The van der Waals surface area contributed by atoms with Crippen molar-refractivity contribution in [2.45, 2.75) is 26.4 Å². The van der Waals surface area contributed by atoms with E-state index in [0.717, 1.165) is 6.42 Å². The van der Waals surface area contributed by atoms with Crippen LogP contribution in [0.3, 0.4) is 0 Å². The third-order valence-corrected chi connectivity index (χ3v) is 4.22. The SMILES string of the molecule is CCCN1C(=O)C(C)Oc2ccc(NC(=O)c3ccccc3OC)cc21.